The zero-order valence-corrected chi connectivity index (χ0v) is 11.4. The highest BCUT2D eigenvalue weighted by Crippen LogP contribution is 2.17. The van der Waals surface area contributed by atoms with Gasteiger partial charge in [0.05, 0.1) is 5.60 Å². The Morgan fingerprint density at radius 2 is 1.83 bits per heavy atom. The molecule has 0 amide bonds. The van der Waals surface area contributed by atoms with E-state index in [1.54, 1.807) is 0 Å². The highest BCUT2D eigenvalue weighted by atomic mass is 16.3. The molecule has 100 valence electrons. The summed E-state index contributed by atoms with van der Waals surface area (Å²) >= 11 is 0. The third kappa shape index (κ3) is 4.31. The molecule has 3 nitrogen and oxygen atoms in total. The molecule has 0 radical (unpaired) electrons. The van der Waals surface area contributed by atoms with Gasteiger partial charge in [-0.05, 0) is 38.8 Å². The van der Waals surface area contributed by atoms with Crippen molar-refractivity contribution in [2.24, 2.45) is 0 Å². The summed E-state index contributed by atoms with van der Waals surface area (Å²) in [5.41, 5.74) is 0.623. The lowest BCUT2D eigenvalue weighted by Gasteiger charge is -2.35. The highest BCUT2D eigenvalue weighted by molar-refractivity contribution is 5.43. The van der Waals surface area contributed by atoms with E-state index in [0.717, 1.165) is 32.5 Å². The number of hydrogen-bond donors (Lipinski definition) is 2. The van der Waals surface area contributed by atoms with Crippen LogP contribution in [0.3, 0.4) is 0 Å². The predicted octanol–water partition coefficient (Wildman–Crippen LogP) is 2.33. The Morgan fingerprint density at radius 3 is 2.39 bits per heavy atom. The minimum atomic E-state index is -0.584. The summed E-state index contributed by atoms with van der Waals surface area (Å²) < 4.78 is 0. The number of likely N-dealkylation sites (tertiary alicyclic amines) is 1. The fraction of sp³-hybridized carbons (Fsp3) is 0.600. The fourth-order valence-corrected chi connectivity index (χ4v) is 2.55. The van der Waals surface area contributed by atoms with E-state index in [2.05, 4.69) is 34.5 Å². The van der Waals surface area contributed by atoms with Gasteiger partial charge in [-0.1, -0.05) is 18.2 Å². The van der Waals surface area contributed by atoms with Gasteiger partial charge in [-0.2, -0.15) is 0 Å². The Morgan fingerprint density at radius 1 is 1.22 bits per heavy atom. The Hall–Kier alpha value is -1.06. The quantitative estimate of drug-likeness (QED) is 0.858. The van der Waals surface area contributed by atoms with Crippen molar-refractivity contribution in [2.45, 2.75) is 38.3 Å². The van der Waals surface area contributed by atoms with Crippen molar-refractivity contribution in [3.63, 3.8) is 0 Å². The topological polar surface area (TPSA) is 35.5 Å². The monoisotopic (exact) mass is 248 g/mol. The van der Waals surface area contributed by atoms with E-state index >= 15 is 0 Å². The Balaban J connectivity index is 1.77. The number of β-amino-alcohol motifs (C(OH)–C–C–N with tert-alkyl or cyclic N) is 1. The largest absolute Gasteiger partial charge is 0.389 e. The van der Waals surface area contributed by atoms with Gasteiger partial charge in [0.1, 0.15) is 0 Å². The molecule has 1 saturated heterocycles. The van der Waals surface area contributed by atoms with Crippen molar-refractivity contribution in [3.05, 3.63) is 30.3 Å². The van der Waals surface area contributed by atoms with Gasteiger partial charge in [0.2, 0.25) is 0 Å². The van der Waals surface area contributed by atoms with Gasteiger partial charge in [-0.15, -0.1) is 0 Å². The van der Waals surface area contributed by atoms with Crippen LogP contribution in [0, 0.1) is 0 Å². The number of hydrogen-bond acceptors (Lipinski definition) is 3. The number of anilines is 1. The normalized spacial score (nSPS) is 18.8. The minimum Gasteiger partial charge on any atom is -0.389 e. The number of nitrogens with zero attached hydrogens (tertiary/aromatic N) is 1. The molecule has 18 heavy (non-hydrogen) atoms. The molecule has 0 aliphatic carbocycles. The molecule has 2 rings (SSSR count). The minimum absolute atomic E-state index is 0.561. The van der Waals surface area contributed by atoms with Crippen molar-refractivity contribution >= 4 is 5.69 Å². The highest BCUT2D eigenvalue weighted by Gasteiger charge is 2.23. The molecule has 0 unspecified atom stereocenters. The number of para-hydroxylation sites is 1. The van der Waals surface area contributed by atoms with Crippen LogP contribution in [0.25, 0.3) is 0 Å². The molecule has 0 aromatic heterocycles. The lowest BCUT2D eigenvalue weighted by molar-refractivity contribution is 0.0291. The second kappa shape index (κ2) is 5.72. The molecule has 1 aliphatic rings. The molecule has 1 aromatic carbocycles. The summed E-state index contributed by atoms with van der Waals surface area (Å²) in [5, 5.41) is 13.4. The maximum absolute atomic E-state index is 9.81. The number of nitrogens with one attached hydrogen (secondary N) is 1. The molecular weight excluding hydrogens is 224 g/mol. The average Bonchev–Trinajstić information content (AvgIpc) is 2.31. The van der Waals surface area contributed by atoms with Crippen LogP contribution in [-0.4, -0.2) is 41.3 Å². The van der Waals surface area contributed by atoms with Gasteiger partial charge in [-0.25, -0.2) is 0 Å². The lowest BCUT2D eigenvalue weighted by atomic mass is 10.0. The first-order valence-corrected chi connectivity index (χ1v) is 6.79. The van der Waals surface area contributed by atoms with Crippen LogP contribution in [0.5, 0.6) is 0 Å². The third-order valence-corrected chi connectivity index (χ3v) is 3.34. The molecule has 1 aliphatic heterocycles. The molecule has 1 fully saturated rings. The molecule has 0 atom stereocenters. The second-order valence-electron chi connectivity index (χ2n) is 5.87. The van der Waals surface area contributed by atoms with Gasteiger partial charge >= 0.3 is 0 Å². The van der Waals surface area contributed by atoms with Gasteiger partial charge in [-0.3, -0.25) is 0 Å². The first kappa shape index (κ1) is 13.4. The predicted molar refractivity (Wildman–Crippen MR) is 75.8 cm³/mol. The maximum Gasteiger partial charge on any atom is 0.0718 e. The maximum atomic E-state index is 9.81. The van der Waals surface area contributed by atoms with Crippen LogP contribution in [-0.2, 0) is 0 Å². The van der Waals surface area contributed by atoms with Crippen LogP contribution in [0.2, 0.25) is 0 Å². The molecule has 0 bridgehead atoms. The van der Waals surface area contributed by atoms with Crippen molar-refractivity contribution in [1.29, 1.82) is 0 Å². The SMILES string of the molecule is CC(C)(O)CN1CCC(Nc2ccccc2)CC1. The van der Waals surface area contributed by atoms with Crippen LogP contribution in [0.4, 0.5) is 5.69 Å². The van der Waals surface area contributed by atoms with Crippen molar-refractivity contribution < 1.29 is 5.11 Å². The smallest absolute Gasteiger partial charge is 0.0718 e. The summed E-state index contributed by atoms with van der Waals surface area (Å²) in [6.07, 6.45) is 2.29. The van der Waals surface area contributed by atoms with Gasteiger partial charge < -0.3 is 15.3 Å². The van der Waals surface area contributed by atoms with Gasteiger partial charge in [0.25, 0.3) is 0 Å². The van der Waals surface area contributed by atoms with Crippen molar-refractivity contribution in [2.75, 3.05) is 25.0 Å². The summed E-state index contributed by atoms with van der Waals surface area (Å²) in [4.78, 5) is 2.35. The van der Waals surface area contributed by atoms with Crippen LogP contribution in [0.1, 0.15) is 26.7 Å². The van der Waals surface area contributed by atoms with Crippen LogP contribution >= 0.6 is 0 Å². The first-order chi connectivity index (χ1) is 8.53. The molecule has 3 heteroatoms. The molecule has 2 N–H and O–H groups in total. The van der Waals surface area contributed by atoms with E-state index in [1.165, 1.54) is 5.69 Å². The molecule has 1 aromatic rings. The molecule has 0 spiro atoms. The van der Waals surface area contributed by atoms with E-state index in [1.807, 2.05) is 19.9 Å². The van der Waals surface area contributed by atoms with Crippen molar-refractivity contribution in [3.8, 4) is 0 Å². The zero-order chi connectivity index (χ0) is 13.0. The Kier molecular flexibility index (Phi) is 4.25. The lowest BCUT2D eigenvalue weighted by Crippen LogP contribution is -2.45. The Bertz CT molecular complexity index is 351. The summed E-state index contributed by atoms with van der Waals surface area (Å²) in [5.74, 6) is 0. The number of piperidine rings is 1. The first-order valence-electron chi connectivity index (χ1n) is 6.79. The molecular formula is C15H24N2O. The van der Waals surface area contributed by atoms with E-state index in [9.17, 15) is 5.11 Å². The van der Waals surface area contributed by atoms with E-state index < -0.39 is 5.60 Å². The Labute approximate surface area is 110 Å². The molecule has 1 heterocycles. The van der Waals surface area contributed by atoms with Gasteiger partial charge in [0, 0.05) is 31.4 Å². The van der Waals surface area contributed by atoms with E-state index in [4.69, 9.17) is 0 Å². The summed E-state index contributed by atoms with van der Waals surface area (Å²) in [6, 6.07) is 11.0. The second-order valence-corrected chi connectivity index (χ2v) is 5.87. The number of benzene rings is 1. The third-order valence-electron chi connectivity index (χ3n) is 3.34. The number of rotatable bonds is 4. The fourth-order valence-electron chi connectivity index (χ4n) is 2.55. The van der Waals surface area contributed by atoms with Crippen molar-refractivity contribution in [1.82, 2.24) is 4.90 Å². The van der Waals surface area contributed by atoms with Crippen LogP contribution in [0.15, 0.2) is 30.3 Å². The van der Waals surface area contributed by atoms with Gasteiger partial charge in [0.15, 0.2) is 0 Å². The number of aliphatic hydroxyl groups is 1. The zero-order valence-electron chi connectivity index (χ0n) is 11.4. The standard InChI is InChI=1S/C15H24N2O/c1-15(2,18)12-17-10-8-14(9-11-17)16-13-6-4-3-5-7-13/h3-7,14,16,18H,8-12H2,1-2H3. The molecule has 0 saturated carbocycles. The van der Waals surface area contributed by atoms with E-state index in [-0.39, 0.29) is 0 Å². The van der Waals surface area contributed by atoms with E-state index in [0.29, 0.717) is 6.04 Å². The average molecular weight is 248 g/mol. The van der Waals surface area contributed by atoms with Crippen LogP contribution < -0.4 is 5.32 Å². The summed E-state index contributed by atoms with van der Waals surface area (Å²) in [6.45, 7) is 6.65. The summed E-state index contributed by atoms with van der Waals surface area (Å²) in [7, 11) is 0.